The molecule has 0 amide bonds. The summed E-state index contributed by atoms with van der Waals surface area (Å²) in [6.45, 7) is 6.64. The number of benzene rings is 1. The van der Waals surface area contributed by atoms with Crippen molar-refractivity contribution in [1.29, 1.82) is 0 Å². The minimum Gasteiger partial charge on any atom is -0.496 e. The van der Waals surface area contributed by atoms with E-state index in [0.717, 1.165) is 18.8 Å². The maximum absolute atomic E-state index is 5.53. The van der Waals surface area contributed by atoms with E-state index >= 15 is 0 Å². The lowest BCUT2D eigenvalue weighted by Gasteiger charge is -2.27. The van der Waals surface area contributed by atoms with E-state index in [0.29, 0.717) is 18.0 Å². The Hall–Kier alpha value is -1.06. The molecule has 1 aliphatic rings. The SMILES string of the molecule is COc1ccccc1C1C(CNC(C)C)CCN1C. The fourth-order valence-electron chi connectivity index (χ4n) is 3.03. The van der Waals surface area contributed by atoms with Gasteiger partial charge in [-0.1, -0.05) is 32.0 Å². The van der Waals surface area contributed by atoms with Gasteiger partial charge < -0.3 is 10.1 Å². The third kappa shape index (κ3) is 3.28. The molecule has 19 heavy (non-hydrogen) atoms. The van der Waals surface area contributed by atoms with E-state index in [1.807, 2.05) is 6.07 Å². The Labute approximate surface area is 116 Å². The zero-order valence-corrected chi connectivity index (χ0v) is 12.5. The molecule has 0 spiro atoms. The van der Waals surface area contributed by atoms with Crippen molar-refractivity contribution in [2.24, 2.45) is 5.92 Å². The molecule has 1 fully saturated rings. The molecule has 1 aromatic rings. The largest absolute Gasteiger partial charge is 0.496 e. The first-order valence-corrected chi connectivity index (χ1v) is 7.20. The lowest BCUT2D eigenvalue weighted by Crippen LogP contribution is -2.32. The van der Waals surface area contributed by atoms with Crippen molar-refractivity contribution in [2.45, 2.75) is 32.4 Å². The zero-order chi connectivity index (χ0) is 13.8. The van der Waals surface area contributed by atoms with Gasteiger partial charge in [0.25, 0.3) is 0 Å². The molecule has 1 saturated heterocycles. The number of hydrogen-bond donors (Lipinski definition) is 1. The van der Waals surface area contributed by atoms with Gasteiger partial charge in [0.2, 0.25) is 0 Å². The molecule has 1 aliphatic heterocycles. The van der Waals surface area contributed by atoms with Gasteiger partial charge in [0.1, 0.15) is 5.75 Å². The van der Waals surface area contributed by atoms with Crippen LogP contribution in [0.2, 0.25) is 0 Å². The quantitative estimate of drug-likeness (QED) is 0.883. The van der Waals surface area contributed by atoms with E-state index in [-0.39, 0.29) is 0 Å². The summed E-state index contributed by atoms with van der Waals surface area (Å²) in [5.41, 5.74) is 1.32. The topological polar surface area (TPSA) is 24.5 Å². The van der Waals surface area contributed by atoms with Crippen LogP contribution >= 0.6 is 0 Å². The number of nitrogens with zero attached hydrogens (tertiary/aromatic N) is 1. The second-order valence-corrected chi connectivity index (χ2v) is 5.78. The summed E-state index contributed by atoms with van der Waals surface area (Å²) in [5.74, 6) is 1.67. The van der Waals surface area contributed by atoms with Crippen LogP contribution in [0.25, 0.3) is 0 Å². The van der Waals surface area contributed by atoms with Gasteiger partial charge >= 0.3 is 0 Å². The Balaban J connectivity index is 2.18. The van der Waals surface area contributed by atoms with Crippen LogP contribution in [0.1, 0.15) is 31.9 Å². The van der Waals surface area contributed by atoms with Crippen LogP contribution in [-0.4, -0.2) is 38.2 Å². The molecule has 0 aliphatic carbocycles. The van der Waals surface area contributed by atoms with E-state index in [2.05, 4.69) is 49.3 Å². The summed E-state index contributed by atoms with van der Waals surface area (Å²) in [7, 11) is 3.97. The van der Waals surface area contributed by atoms with Crippen molar-refractivity contribution in [3.05, 3.63) is 29.8 Å². The molecule has 3 nitrogen and oxygen atoms in total. The van der Waals surface area contributed by atoms with Gasteiger partial charge in [-0.3, -0.25) is 4.90 Å². The van der Waals surface area contributed by atoms with Gasteiger partial charge in [-0.15, -0.1) is 0 Å². The third-order valence-corrected chi connectivity index (χ3v) is 4.02. The fourth-order valence-corrected chi connectivity index (χ4v) is 3.03. The normalized spacial score (nSPS) is 24.1. The smallest absolute Gasteiger partial charge is 0.123 e. The molecule has 0 saturated carbocycles. The highest BCUT2D eigenvalue weighted by Crippen LogP contribution is 2.39. The monoisotopic (exact) mass is 262 g/mol. The second-order valence-electron chi connectivity index (χ2n) is 5.78. The van der Waals surface area contributed by atoms with E-state index in [1.54, 1.807) is 7.11 Å². The molecule has 3 heteroatoms. The predicted molar refractivity (Wildman–Crippen MR) is 79.6 cm³/mol. The van der Waals surface area contributed by atoms with Crippen LogP contribution in [-0.2, 0) is 0 Å². The molecule has 2 atom stereocenters. The average Bonchev–Trinajstić information content (AvgIpc) is 2.77. The Morgan fingerprint density at radius 3 is 2.79 bits per heavy atom. The Kier molecular flexibility index (Phi) is 4.83. The van der Waals surface area contributed by atoms with Gasteiger partial charge in [-0.05, 0) is 32.0 Å². The first kappa shape index (κ1) is 14.4. The van der Waals surface area contributed by atoms with Gasteiger partial charge in [0.15, 0.2) is 0 Å². The van der Waals surface area contributed by atoms with Gasteiger partial charge in [0, 0.05) is 24.2 Å². The van der Waals surface area contributed by atoms with Crippen molar-refractivity contribution in [3.8, 4) is 5.75 Å². The Morgan fingerprint density at radius 2 is 2.11 bits per heavy atom. The number of likely N-dealkylation sites (tertiary alicyclic amines) is 1. The average molecular weight is 262 g/mol. The first-order valence-electron chi connectivity index (χ1n) is 7.20. The van der Waals surface area contributed by atoms with Gasteiger partial charge in [-0.2, -0.15) is 0 Å². The van der Waals surface area contributed by atoms with Crippen molar-refractivity contribution in [3.63, 3.8) is 0 Å². The molecule has 2 unspecified atom stereocenters. The van der Waals surface area contributed by atoms with Crippen LogP contribution in [0.4, 0.5) is 0 Å². The maximum atomic E-state index is 5.53. The summed E-state index contributed by atoms with van der Waals surface area (Å²) < 4.78 is 5.53. The van der Waals surface area contributed by atoms with E-state index in [4.69, 9.17) is 4.74 Å². The van der Waals surface area contributed by atoms with Crippen LogP contribution < -0.4 is 10.1 Å². The van der Waals surface area contributed by atoms with Crippen molar-refractivity contribution in [1.82, 2.24) is 10.2 Å². The number of rotatable bonds is 5. The summed E-state index contributed by atoms with van der Waals surface area (Å²) in [5, 5.41) is 3.58. The number of para-hydroxylation sites is 1. The Morgan fingerprint density at radius 1 is 1.37 bits per heavy atom. The van der Waals surface area contributed by atoms with Crippen molar-refractivity contribution < 1.29 is 4.74 Å². The van der Waals surface area contributed by atoms with Crippen LogP contribution in [0, 0.1) is 5.92 Å². The van der Waals surface area contributed by atoms with Crippen LogP contribution in [0.3, 0.4) is 0 Å². The highest BCUT2D eigenvalue weighted by atomic mass is 16.5. The summed E-state index contributed by atoms with van der Waals surface area (Å²) in [4.78, 5) is 2.45. The predicted octanol–water partition coefficient (Wildman–Crippen LogP) is 2.69. The first-order chi connectivity index (χ1) is 9.13. The summed E-state index contributed by atoms with van der Waals surface area (Å²) in [6.07, 6.45) is 1.25. The maximum Gasteiger partial charge on any atom is 0.123 e. The molecule has 0 aromatic heterocycles. The number of methoxy groups -OCH3 is 1. The molecule has 1 heterocycles. The molecule has 1 aromatic carbocycles. The van der Waals surface area contributed by atoms with Crippen molar-refractivity contribution >= 4 is 0 Å². The van der Waals surface area contributed by atoms with Crippen LogP contribution in [0.5, 0.6) is 5.75 Å². The van der Waals surface area contributed by atoms with Gasteiger partial charge in [-0.25, -0.2) is 0 Å². The summed E-state index contributed by atoms with van der Waals surface area (Å²) >= 11 is 0. The van der Waals surface area contributed by atoms with Gasteiger partial charge in [0.05, 0.1) is 7.11 Å². The third-order valence-electron chi connectivity index (χ3n) is 4.02. The molecular weight excluding hydrogens is 236 g/mol. The van der Waals surface area contributed by atoms with Crippen molar-refractivity contribution in [2.75, 3.05) is 27.2 Å². The van der Waals surface area contributed by atoms with E-state index in [9.17, 15) is 0 Å². The number of ether oxygens (including phenoxy) is 1. The molecule has 106 valence electrons. The minimum atomic E-state index is 0.461. The lowest BCUT2D eigenvalue weighted by atomic mass is 9.93. The fraction of sp³-hybridized carbons (Fsp3) is 0.625. The lowest BCUT2D eigenvalue weighted by molar-refractivity contribution is 0.261. The number of hydrogen-bond acceptors (Lipinski definition) is 3. The molecule has 0 bridgehead atoms. The molecule has 1 N–H and O–H groups in total. The highest BCUT2D eigenvalue weighted by molar-refractivity contribution is 5.37. The molecule has 2 rings (SSSR count). The number of nitrogens with one attached hydrogen (secondary N) is 1. The van der Waals surface area contributed by atoms with Crippen LogP contribution in [0.15, 0.2) is 24.3 Å². The standard InChI is InChI=1S/C16H26N2O/c1-12(2)17-11-13-9-10-18(3)16(13)14-7-5-6-8-15(14)19-4/h5-8,12-13,16-17H,9-11H2,1-4H3. The molecular formula is C16H26N2O. The minimum absolute atomic E-state index is 0.461. The van der Waals surface area contributed by atoms with E-state index < -0.39 is 0 Å². The second kappa shape index (κ2) is 6.40. The van der Waals surface area contributed by atoms with E-state index in [1.165, 1.54) is 12.0 Å². The molecule has 0 radical (unpaired) electrons. The zero-order valence-electron chi connectivity index (χ0n) is 12.5. The highest BCUT2D eigenvalue weighted by Gasteiger charge is 2.34. The Bertz CT molecular complexity index is 405. The summed E-state index contributed by atoms with van der Waals surface area (Å²) in [6, 6.07) is 9.42.